The first kappa shape index (κ1) is 9.41. The third kappa shape index (κ3) is 2.81. The number of carbonyl (C=O) groups is 1. The van der Waals surface area contributed by atoms with Crippen LogP contribution in [-0.2, 0) is 4.79 Å². The molecule has 0 aromatic heterocycles. The lowest BCUT2D eigenvalue weighted by Gasteiger charge is -1.99. The van der Waals surface area contributed by atoms with Gasteiger partial charge in [-0.15, -0.1) is 0 Å². The monoisotopic (exact) mass is 140 g/mol. The summed E-state index contributed by atoms with van der Waals surface area (Å²) in [5, 5.41) is 0. The van der Waals surface area contributed by atoms with Crippen LogP contribution in [0.2, 0.25) is 0 Å². The molecule has 0 aliphatic heterocycles. The van der Waals surface area contributed by atoms with E-state index >= 15 is 0 Å². The van der Waals surface area contributed by atoms with E-state index in [-0.39, 0.29) is 0 Å². The van der Waals surface area contributed by atoms with Crippen molar-refractivity contribution in [3.8, 4) is 0 Å². The van der Waals surface area contributed by atoms with Crippen LogP contribution in [0, 0.1) is 0 Å². The van der Waals surface area contributed by atoms with E-state index in [1.54, 1.807) is 0 Å². The van der Waals surface area contributed by atoms with E-state index in [1.807, 2.05) is 27.7 Å². The zero-order valence-corrected chi connectivity index (χ0v) is 7.32. The number of allylic oxidation sites excluding steroid dienone is 2. The standard InChI is InChI=1S/C9H16O/c1-5-6-9(10)8(4)7(2)3/h5-6H2,1-4H3. The SMILES string of the molecule is CCCC(=O)C(C)=C(C)C. The summed E-state index contributed by atoms with van der Waals surface area (Å²) in [5.41, 5.74) is 2.07. The summed E-state index contributed by atoms with van der Waals surface area (Å²) in [6.07, 6.45) is 1.64. The predicted molar refractivity (Wildman–Crippen MR) is 44.0 cm³/mol. The fourth-order valence-corrected chi connectivity index (χ4v) is 0.693. The number of hydrogen-bond donors (Lipinski definition) is 0. The molecular weight excluding hydrogens is 124 g/mol. The lowest BCUT2D eigenvalue weighted by molar-refractivity contribution is -0.115. The molecule has 58 valence electrons. The quantitative estimate of drug-likeness (QED) is 0.551. The fourth-order valence-electron chi connectivity index (χ4n) is 0.693. The molecule has 0 saturated carbocycles. The first-order chi connectivity index (χ1) is 4.59. The van der Waals surface area contributed by atoms with Crippen LogP contribution in [0.15, 0.2) is 11.1 Å². The van der Waals surface area contributed by atoms with E-state index in [2.05, 4.69) is 0 Å². The highest BCUT2D eigenvalue weighted by atomic mass is 16.1. The van der Waals surface area contributed by atoms with Gasteiger partial charge in [-0.25, -0.2) is 0 Å². The topological polar surface area (TPSA) is 17.1 Å². The second-order valence-electron chi connectivity index (χ2n) is 2.80. The Morgan fingerprint density at radius 2 is 1.70 bits per heavy atom. The molecule has 0 atom stereocenters. The zero-order chi connectivity index (χ0) is 8.15. The van der Waals surface area contributed by atoms with Gasteiger partial charge in [-0.2, -0.15) is 0 Å². The Morgan fingerprint density at radius 3 is 2.00 bits per heavy atom. The molecule has 0 saturated heterocycles. The number of carbonyl (C=O) groups excluding carboxylic acids is 1. The van der Waals surface area contributed by atoms with Gasteiger partial charge in [0.05, 0.1) is 0 Å². The summed E-state index contributed by atoms with van der Waals surface area (Å²) in [7, 11) is 0. The minimum Gasteiger partial charge on any atom is -0.295 e. The van der Waals surface area contributed by atoms with Crippen molar-refractivity contribution in [1.82, 2.24) is 0 Å². The van der Waals surface area contributed by atoms with Crippen LogP contribution in [0.3, 0.4) is 0 Å². The molecule has 0 aliphatic carbocycles. The number of Topliss-reactive ketones (excluding diaryl/α,β-unsaturated/α-hetero) is 1. The summed E-state index contributed by atoms with van der Waals surface area (Å²) >= 11 is 0. The van der Waals surface area contributed by atoms with E-state index in [9.17, 15) is 4.79 Å². The molecule has 0 aromatic carbocycles. The lowest BCUT2D eigenvalue weighted by Crippen LogP contribution is -1.99. The number of ketones is 1. The Labute approximate surface area is 63.1 Å². The molecule has 0 fully saturated rings. The average molecular weight is 140 g/mol. The average Bonchev–Trinajstić information content (AvgIpc) is 1.87. The molecule has 0 bridgehead atoms. The van der Waals surface area contributed by atoms with Crippen molar-refractivity contribution in [3.63, 3.8) is 0 Å². The van der Waals surface area contributed by atoms with Crippen LogP contribution in [-0.4, -0.2) is 5.78 Å². The summed E-state index contributed by atoms with van der Waals surface area (Å²) in [6, 6.07) is 0. The maximum Gasteiger partial charge on any atom is 0.158 e. The molecule has 0 aromatic rings. The van der Waals surface area contributed by atoms with Crippen LogP contribution < -0.4 is 0 Å². The van der Waals surface area contributed by atoms with Crippen molar-refractivity contribution in [2.45, 2.75) is 40.5 Å². The van der Waals surface area contributed by atoms with Gasteiger partial charge in [-0.1, -0.05) is 12.5 Å². The van der Waals surface area contributed by atoms with Gasteiger partial charge in [0.1, 0.15) is 0 Å². The molecular formula is C9H16O. The first-order valence-electron chi connectivity index (χ1n) is 3.76. The fraction of sp³-hybridized carbons (Fsp3) is 0.667. The summed E-state index contributed by atoms with van der Waals surface area (Å²) in [5.74, 6) is 0.294. The Kier molecular flexibility index (Phi) is 4.01. The lowest BCUT2D eigenvalue weighted by atomic mass is 10.1. The highest BCUT2D eigenvalue weighted by Crippen LogP contribution is 2.06. The third-order valence-corrected chi connectivity index (χ3v) is 1.65. The maximum atomic E-state index is 11.1. The van der Waals surface area contributed by atoms with Gasteiger partial charge in [-0.3, -0.25) is 4.79 Å². The predicted octanol–water partition coefficient (Wildman–Crippen LogP) is 2.71. The van der Waals surface area contributed by atoms with Crippen molar-refractivity contribution in [2.75, 3.05) is 0 Å². The first-order valence-corrected chi connectivity index (χ1v) is 3.76. The highest BCUT2D eigenvalue weighted by Gasteiger charge is 2.02. The molecule has 0 unspecified atom stereocenters. The molecule has 0 N–H and O–H groups in total. The number of hydrogen-bond acceptors (Lipinski definition) is 1. The van der Waals surface area contributed by atoms with Gasteiger partial charge in [0.2, 0.25) is 0 Å². The molecule has 1 heteroatoms. The van der Waals surface area contributed by atoms with Gasteiger partial charge in [0.15, 0.2) is 5.78 Å². The largest absolute Gasteiger partial charge is 0.295 e. The second kappa shape index (κ2) is 4.26. The Hall–Kier alpha value is -0.590. The Morgan fingerprint density at radius 1 is 1.20 bits per heavy atom. The van der Waals surface area contributed by atoms with Gasteiger partial charge in [0.25, 0.3) is 0 Å². The third-order valence-electron chi connectivity index (χ3n) is 1.65. The van der Waals surface area contributed by atoms with Crippen molar-refractivity contribution in [1.29, 1.82) is 0 Å². The van der Waals surface area contributed by atoms with Gasteiger partial charge in [0, 0.05) is 6.42 Å². The maximum absolute atomic E-state index is 11.1. The summed E-state index contributed by atoms with van der Waals surface area (Å²) in [6.45, 7) is 7.87. The van der Waals surface area contributed by atoms with Crippen LogP contribution in [0.25, 0.3) is 0 Å². The highest BCUT2D eigenvalue weighted by molar-refractivity contribution is 5.95. The summed E-state index contributed by atoms with van der Waals surface area (Å²) in [4.78, 5) is 11.1. The Bertz CT molecular complexity index is 150. The molecule has 0 rings (SSSR count). The van der Waals surface area contributed by atoms with Crippen LogP contribution in [0.4, 0.5) is 0 Å². The van der Waals surface area contributed by atoms with Crippen molar-refractivity contribution < 1.29 is 4.79 Å². The molecule has 10 heavy (non-hydrogen) atoms. The van der Waals surface area contributed by atoms with E-state index < -0.39 is 0 Å². The van der Waals surface area contributed by atoms with Gasteiger partial charge < -0.3 is 0 Å². The van der Waals surface area contributed by atoms with E-state index in [1.165, 1.54) is 0 Å². The van der Waals surface area contributed by atoms with Crippen molar-refractivity contribution in [2.24, 2.45) is 0 Å². The normalized spacial score (nSPS) is 9.20. The Balaban J connectivity index is 4.09. The van der Waals surface area contributed by atoms with Gasteiger partial charge >= 0.3 is 0 Å². The molecule has 0 amide bonds. The number of rotatable bonds is 3. The molecule has 0 spiro atoms. The zero-order valence-electron chi connectivity index (χ0n) is 7.32. The van der Waals surface area contributed by atoms with E-state index in [0.29, 0.717) is 12.2 Å². The van der Waals surface area contributed by atoms with Crippen LogP contribution in [0.1, 0.15) is 40.5 Å². The van der Waals surface area contributed by atoms with Crippen molar-refractivity contribution >= 4 is 5.78 Å². The van der Waals surface area contributed by atoms with E-state index in [0.717, 1.165) is 17.6 Å². The van der Waals surface area contributed by atoms with Crippen LogP contribution >= 0.6 is 0 Å². The van der Waals surface area contributed by atoms with Gasteiger partial charge in [-0.05, 0) is 32.8 Å². The summed E-state index contributed by atoms with van der Waals surface area (Å²) < 4.78 is 0. The smallest absolute Gasteiger partial charge is 0.158 e. The van der Waals surface area contributed by atoms with E-state index in [4.69, 9.17) is 0 Å². The molecule has 0 heterocycles. The molecule has 0 aliphatic rings. The van der Waals surface area contributed by atoms with Crippen molar-refractivity contribution in [3.05, 3.63) is 11.1 Å². The second-order valence-corrected chi connectivity index (χ2v) is 2.80. The van der Waals surface area contributed by atoms with Crippen LogP contribution in [0.5, 0.6) is 0 Å². The minimum absolute atomic E-state index is 0.294. The molecule has 0 radical (unpaired) electrons. The molecule has 1 nitrogen and oxygen atoms in total. The minimum atomic E-state index is 0.294.